The Morgan fingerprint density at radius 1 is 1.35 bits per heavy atom. The number of carbonyl (C=O) groups excluding carboxylic acids is 2. The molecule has 0 saturated carbocycles. The van der Waals surface area contributed by atoms with Crippen LogP contribution in [0.3, 0.4) is 0 Å². The molecule has 1 N–H and O–H groups in total. The second kappa shape index (κ2) is 9.78. The van der Waals surface area contributed by atoms with Gasteiger partial charge in [-0.05, 0) is 44.4 Å². The molecule has 1 aliphatic heterocycles. The maximum Gasteiger partial charge on any atom is 0.317 e. The number of hydrogen-bond acceptors (Lipinski definition) is 6. The third-order valence-corrected chi connectivity index (χ3v) is 5.46. The van der Waals surface area contributed by atoms with Crippen molar-refractivity contribution in [3.05, 3.63) is 23.8 Å². The van der Waals surface area contributed by atoms with Gasteiger partial charge in [-0.15, -0.1) is 0 Å². The van der Waals surface area contributed by atoms with Crippen LogP contribution in [0, 0.1) is 6.92 Å². The number of nitrogens with one attached hydrogen (secondary N) is 1. The summed E-state index contributed by atoms with van der Waals surface area (Å²) in [4.78, 5) is 26.4. The molecule has 1 atom stereocenters. The molecule has 1 fully saturated rings. The quantitative estimate of drug-likeness (QED) is 0.586. The maximum absolute atomic E-state index is 12.3. The molecule has 1 saturated heterocycles. The number of amides is 1. The van der Waals surface area contributed by atoms with Gasteiger partial charge in [0.05, 0.1) is 18.6 Å². The lowest BCUT2D eigenvalue weighted by Gasteiger charge is -2.18. The Morgan fingerprint density at radius 3 is 2.69 bits per heavy atom. The number of likely N-dealkylation sites (tertiary alicyclic amines) is 1. The minimum absolute atomic E-state index is 0.0979. The third kappa shape index (κ3) is 5.88. The number of nitrogens with zero attached hydrogens (tertiary/aromatic N) is 1. The van der Waals surface area contributed by atoms with Gasteiger partial charge >= 0.3 is 5.97 Å². The summed E-state index contributed by atoms with van der Waals surface area (Å²) in [5, 5.41) is 2.74. The highest BCUT2D eigenvalue weighted by Gasteiger charge is 2.21. The van der Waals surface area contributed by atoms with E-state index in [1.54, 1.807) is 19.1 Å². The number of anilines is 1. The number of ether oxygens (including phenoxy) is 2. The molecule has 0 aromatic heterocycles. The summed E-state index contributed by atoms with van der Waals surface area (Å²) in [5.74, 6) is -0.223. The number of hydrogen-bond donors (Lipinski definition) is 1. The van der Waals surface area contributed by atoms with Crippen LogP contribution in [0.1, 0.15) is 25.3 Å². The van der Waals surface area contributed by atoms with E-state index in [9.17, 15) is 9.59 Å². The number of thiocarbonyl (C=S) groups is 1. The maximum atomic E-state index is 12.3. The van der Waals surface area contributed by atoms with Gasteiger partial charge in [0, 0.05) is 13.1 Å². The van der Waals surface area contributed by atoms with Gasteiger partial charge in [0.25, 0.3) is 5.91 Å². The van der Waals surface area contributed by atoms with E-state index in [0.717, 1.165) is 31.5 Å². The molecule has 1 amide bonds. The van der Waals surface area contributed by atoms with E-state index in [1.807, 2.05) is 13.0 Å². The molecule has 0 aliphatic carbocycles. The highest BCUT2D eigenvalue weighted by molar-refractivity contribution is 8.23. The average Bonchev–Trinajstić information content (AvgIpc) is 3.14. The van der Waals surface area contributed by atoms with Crippen LogP contribution in [0.5, 0.6) is 5.75 Å². The molecule has 0 spiro atoms. The monoisotopic (exact) mass is 396 g/mol. The Bertz CT molecular complexity index is 675. The van der Waals surface area contributed by atoms with Crippen molar-refractivity contribution >= 4 is 45.9 Å². The van der Waals surface area contributed by atoms with Gasteiger partial charge in [-0.1, -0.05) is 30.0 Å². The zero-order valence-electron chi connectivity index (χ0n) is 15.2. The molecule has 0 unspecified atom stereocenters. The lowest BCUT2D eigenvalue weighted by atomic mass is 10.2. The number of benzene rings is 1. The Morgan fingerprint density at radius 2 is 2.04 bits per heavy atom. The lowest BCUT2D eigenvalue weighted by Crippen LogP contribution is -2.31. The Labute approximate surface area is 163 Å². The topological polar surface area (TPSA) is 67.9 Å². The summed E-state index contributed by atoms with van der Waals surface area (Å²) >= 11 is 6.59. The second-order valence-corrected chi connectivity index (χ2v) is 7.68. The van der Waals surface area contributed by atoms with Gasteiger partial charge in [-0.3, -0.25) is 9.59 Å². The van der Waals surface area contributed by atoms with Crippen LogP contribution in [-0.4, -0.2) is 53.2 Å². The minimum atomic E-state index is -0.909. The van der Waals surface area contributed by atoms with E-state index in [-0.39, 0.29) is 5.75 Å². The van der Waals surface area contributed by atoms with Crippen LogP contribution in [-0.2, 0) is 14.3 Å². The zero-order chi connectivity index (χ0) is 19.1. The van der Waals surface area contributed by atoms with Crippen LogP contribution in [0.15, 0.2) is 18.2 Å². The van der Waals surface area contributed by atoms with Crippen molar-refractivity contribution in [2.24, 2.45) is 0 Å². The van der Waals surface area contributed by atoms with Crippen LogP contribution < -0.4 is 10.1 Å². The fourth-order valence-electron chi connectivity index (χ4n) is 2.55. The van der Waals surface area contributed by atoms with Crippen molar-refractivity contribution in [2.45, 2.75) is 32.8 Å². The summed E-state index contributed by atoms with van der Waals surface area (Å²) in [6.07, 6.45) is 1.35. The molecule has 1 aromatic rings. The van der Waals surface area contributed by atoms with E-state index in [0.29, 0.717) is 15.8 Å². The SMILES string of the molecule is COc1ccc(C)cc1NC(=O)[C@H](C)OC(=O)CSC(=S)N1CCCC1. The summed E-state index contributed by atoms with van der Waals surface area (Å²) in [6.45, 7) is 5.34. The molecular weight excluding hydrogens is 372 g/mol. The Hall–Kier alpha value is -1.80. The largest absolute Gasteiger partial charge is 0.495 e. The molecule has 142 valence electrons. The summed E-state index contributed by atoms with van der Waals surface area (Å²) in [6, 6.07) is 5.46. The number of carbonyl (C=O) groups is 2. The number of esters is 1. The fourth-order valence-corrected chi connectivity index (χ4v) is 3.58. The second-order valence-electron chi connectivity index (χ2n) is 6.07. The van der Waals surface area contributed by atoms with E-state index in [1.165, 1.54) is 18.9 Å². The first-order chi connectivity index (χ1) is 12.4. The molecule has 26 heavy (non-hydrogen) atoms. The molecule has 2 rings (SSSR count). The molecule has 1 aliphatic rings. The van der Waals surface area contributed by atoms with Crippen LogP contribution >= 0.6 is 24.0 Å². The van der Waals surface area contributed by atoms with E-state index in [2.05, 4.69) is 10.2 Å². The molecule has 0 radical (unpaired) electrons. The highest BCUT2D eigenvalue weighted by atomic mass is 32.2. The molecular formula is C18H24N2O4S2. The van der Waals surface area contributed by atoms with Gasteiger partial charge in [-0.25, -0.2) is 0 Å². The summed E-state index contributed by atoms with van der Waals surface area (Å²) in [7, 11) is 1.53. The smallest absolute Gasteiger partial charge is 0.317 e. The van der Waals surface area contributed by atoms with Gasteiger partial charge < -0.3 is 19.7 Å². The van der Waals surface area contributed by atoms with E-state index in [4.69, 9.17) is 21.7 Å². The molecule has 1 aromatic carbocycles. The van der Waals surface area contributed by atoms with Crippen molar-refractivity contribution in [2.75, 3.05) is 31.3 Å². The van der Waals surface area contributed by atoms with Crippen molar-refractivity contribution in [1.82, 2.24) is 4.90 Å². The highest BCUT2D eigenvalue weighted by Crippen LogP contribution is 2.25. The first-order valence-corrected chi connectivity index (χ1v) is 9.86. The van der Waals surface area contributed by atoms with Gasteiger partial charge in [0.1, 0.15) is 10.1 Å². The Kier molecular flexibility index (Phi) is 7.71. The van der Waals surface area contributed by atoms with Crippen LogP contribution in [0.25, 0.3) is 0 Å². The van der Waals surface area contributed by atoms with E-state index >= 15 is 0 Å². The van der Waals surface area contributed by atoms with Gasteiger partial charge in [0.2, 0.25) is 0 Å². The third-order valence-electron chi connectivity index (χ3n) is 3.97. The van der Waals surface area contributed by atoms with Crippen LogP contribution in [0.4, 0.5) is 5.69 Å². The zero-order valence-corrected chi connectivity index (χ0v) is 16.9. The number of rotatable bonds is 6. The molecule has 1 heterocycles. The number of thioether (sulfide) groups is 1. The van der Waals surface area contributed by atoms with Crippen molar-refractivity contribution in [3.63, 3.8) is 0 Å². The van der Waals surface area contributed by atoms with Gasteiger partial charge in [-0.2, -0.15) is 0 Å². The summed E-state index contributed by atoms with van der Waals surface area (Å²) < 4.78 is 11.2. The van der Waals surface area contributed by atoms with Crippen molar-refractivity contribution in [3.8, 4) is 5.75 Å². The summed E-state index contributed by atoms with van der Waals surface area (Å²) in [5.41, 5.74) is 1.53. The molecule has 8 heteroatoms. The molecule has 0 bridgehead atoms. The lowest BCUT2D eigenvalue weighted by molar-refractivity contribution is -0.150. The number of methoxy groups -OCH3 is 1. The standard InChI is InChI=1S/C18H24N2O4S2/c1-12-6-7-15(23-3)14(10-12)19-17(22)13(2)24-16(21)11-26-18(25)20-8-4-5-9-20/h6-7,10,13H,4-5,8-9,11H2,1-3H3,(H,19,22)/t13-/m0/s1. The van der Waals surface area contributed by atoms with Crippen LogP contribution in [0.2, 0.25) is 0 Å². The first kappa shape index (κ1) is 20.5. The first-order valence-electron chi connectivity index (χ1n) is 8.47. The number of aryl methyl sites for hydroxylation is 1. The molecule has 6 nitrogen and oxygen atoms in total. The minimum Gasteiger partial charge on any atom is -0.495 e. The van der Waals surface area contributed by atoms with Crippen molar-refractivity contribution < 1.29 is 19.1 Å². The van der Waals surface area contributed by atoms with E-state index < -0.39 is 18.0 Å². The fraction of sp³-hybridized carbons (Fsp3) is 0.500. The Balaban J connectivity index is 1.81. The predicted octanol–water partition coefficient (Wildman–Crippen LogP) is 2.99. The van der Waals surface area contributed by atoms with Crippen molar-refractivity contribution in [1.29, 1.82) is 0 Å². The average molecular weight is 397 g/mol. The predicted molar refractivity (Wildman–Crippen MR) is 108 cm³/mol. The van der Waals surface area contributed by atoms with Gasteiger partial charge in [0.15, 0.2) is 6.10 Å². The normalized spacial score (nSPS) is 14.7.